The maximum absolute atomic E-state index is 13.4. The molecule has 2 radical (unpaired) electrons. The Labute approximate surface area is 101 Å². The van der Waals surface area contributed by atoms with Gasteiger partial charge in [0, 0.05) is 0 Å². The molecule has 0 spiro atoms. The summed E-state index contributed by atoms with van der Waals surface area (Å²) in [4.78, 5) is 11.9. The van der Waals surface area contributed by atoms with Crippen LogP contribution in [-0.4, -0.2) is 7.85 Å². The fraction of sp³-hybridized carbons (Fsp3) is 0.182. The van der Waals surface area contributed by atoms with Crippen LogP contribution in [0.25, 0.3) is 11.0 Å². The van der Waals surface area contributed by atoms with E-state index in [0.29, 0.717) is 5.76 Å². The van der Waals surface area contributed by atoms with Gasteiger partial charge in [-0.05, 0) is 33.9 Å². The van der Waals surface area contributed by atoms with E-state index in [9.17, 15) is 9.18 Å². The van der Waals surface area contributed by atoms with Crippen molar-refractivity contribution < 1.29 is 8.81 Å². The number of hydrogen-bond donors (Lipinski definition) is 0. The van der Waals surface area contributed by atoms with Crippen LogP contribution in [0.2, 0.25) is 0 Å². The average Bonchev–Trinajstić information content (AvgIpc) is 2.22. The van der Waals surface area contributed by atoms with Gasteiger partial charge in [0.05, 0.1) is 7.85 Å². The Morgan fingerprint density at radius 3 is 2.81 bits per heavy atom. The highest BCUT2D eigenvalue weighted by Crippen LogP contribution is 2.25. The summed E-state index contributed by atoms with van der Waals surface area (Å²) in [5, 5.41) is -0.0567. The van der Waals surface area contributed by atoms with Gasteiger partial charge in [0.25, 0.3) is 0 Å². The minimum Gasteiger partial charge on any atom is -0.460 e. The van der Waals surface area contributed by atoms with Crippen LogP contribution in [0.4, 0.5) is 4.39 Å². The van der Waals surface area contributed by atoms with Gasteiger partial charge in [0.15, 0.2) is 0 Å². The van der Waals surface area contributed by atoms with Gasteiger partial charge in [0.2, 0.25) is 5.43 Å². The molecule has 0 fully saturated rings. The van der Waals surface area contributed by atoms with E-state index in [1.54, 1.807) is 6.92 Å². The van der Waals surface area contributed by atoms with E-state index in [1.807, 2.05) is 0 Å². The highest BCUT2D eigenvalue weighted by Gasteiger charge is 2.16. The molecule has 0 N–H and O–H groups in total. The lowest BCUT2D eigenvalue weighted by Gasteiger charge is -2.08. The molecule has 0 saturated heterocycles. The van der Waals surface area contributed by atoms with Crippen molar-refractivity contribution in [3.8, 4) is 0 Å². The molecule has 0 saturated carbocycles. The molecule has 2 nitrogen and oxygen atoms in total. The first-order valence-corrected chi connectivity index (χ1v) is 5.48. The third-order valence-corrected chi connectivity index (χ3v) is 3.00. The molecule has 1 unspecified atom stereocenters. The van der Waals surface area contributed by atoms with Crippen LogP contribution in [0, 0.1) is 5.82 Å². The van der Waals surface area contributed by atoms with Crippen molar-refractivity contribution in [2.75, 3.05) is 0 Å². The molecule has 0 aliphatic rings. The predicted molar refractivity (Wildman–Crippen MR) is 64.3 cm³/mol. The van der Waals surface area contributed by atoms with Gasteiger partial charge in [-0.2, -0.15) is 0 Å². The summed E-state index contributed by atoms with van der Waals surface area (Å²) in [5.41, 5.74) is -0.229. The van der Waals surface area contributed by atoms with E-state index >= 15 is 0 Å². The molecule has 0 aliphatic heterocycles. The smallest absolute Gasteiger partial charge is 0.210 e. The third kappa shape index (κ3) is 1.69. The van der Waals surface area contributed by atoms with E-state index in [1.165, 1.54) is 18.2 Å². The molecule has 0 aliphatic carbocycles. The summed E-state index contributed by atoms with van der Waals surface area (Å²) in [6, 6.07) is 4.24. The Bertz CT molecular complexity index is 607. The third-order valence-electron chi connectivity index (χ3n) is 2.25. The molecule has 2 aromatic rings. The molecule has 2 rings (SSSR count). The molecular weight excluding hydrogens is 274 g/mol. The predicted octanol–water partition coefficient (Wildman–Crippen LogP) is 2.92. The minimum absolute atomic E-state index is 0.0567. The van der Waals surface area contributed by atoms with E-state index < -0.39 is 17.1 Å². The summed E-state index contributed by atoms with van der Waals surface area (Å²) < 4.78 is 19.0. The standard InChI is InChI=1S/C11H7BBrFO2/c1-5(12)11-9(13)10(15)8-6(14)3-2-4-7(8)16-11/h2-5H,1H3. The van der Waals surface area contributed by atoms with Crippen LogP contribution >= 0.6 is 15.9 Å². The maximum Gasteiger partial charge on any atom is 0.210 e. The Balaban J connectivity index is 2.95. The number of hydrogen-bond acceptors (Lipinski definition) is 2. The van der Waals surface area contributed by atoms with Crippen molar-refractivity contribution in [2.24, 2.45) is 0 Å². The van der Waals surface area contributed by atoms with Crippen LogP contribution in [0.15, 0.2) is 31.9 Å². The number of benzene rings is 1. The van der Waals surface area contributed by atoms with Gasteiger partial charge in [-0.1, -0.05) is 13.0 Å². The molecule has 0 bridgehead atoms. The summed E-state index contributed by atoms with van der Waals surface area (Å²) >= 11 is 3.08. The van der Waals surface area contributed by atoms with Crippen LogP contribution in [0.5, 0.6) is 0 Å². The van der Waals surface area contributed by atoms with Crippen LogP contribution < -0.4 is 5.43 Å². The molecule has 1 aromatic heterocycles. The summed E-state index contributed by atoms with van der Waals surface area (Å²) in [6.45, 7) is 1.69. The lowest BCUT2D eigenvalue weighted by molar-refractivity contribution is 0.528. The highest BCUT2D eigenvalue weighted by atomic mass is 79.9. The fourth-order valence-electron chi connectivity index (χ4n) is 1.49. The summed E-state index contributed by atoms with van der Waals surface area (Å²) in [7, 11) is 5.66. The van der Waals surface area contributed by atoms with Crippen LogP contribution in [0.1, 0.15) is 18.5 Å². The zero-order valence-corrected chi connectivity index (χ0v) is 10.0. The SMILES string of the molecule is [B]C(C)c1oc2cccc(F)c2c(=O)c1Br. The van der Waals surface area contributed by atoms with Gasteiger partial charge in [-0.25, -0.2) is 4.39 Å². The quantitative estimate of drug-likeness (QED) is 0.752. The largest absolute Gasteiger partial charge is 0.460 e. The highest BCUT2D eigenvalue weighted by molar-refractivity contribution is 9.10. The van der Waals surface area contributed by atoms with Crippen molar-refractivity contribution in [1.82, 2.24) is 0 Å². The first kappa shape index (κ1) is 11.4. The lowest BCUT2D eigenvalue weighted by Crippen LogP contribution is -2.09. The first-order valence-electron chi connectivity index (χ1n) is 4.68. The molecule has 5 heteroatoms. The Morgan fingerprint density at radius 2 is 2.19 bits per heavy atom. The Hall–Kier alpha value is -1.10. The van der Waals surface area contributed by atoms with E-state index in [0.717, 1.165) is 0 Å². The van der Waals surface area contributed by atoms with E-state index in [-0.39, 0.29) is 15.4 Å². The number of halogens is 2. The summed E-state index contributed by atoms with van der Waals surface area (Å²) in [5.74, 6) is -0.707. The van der Waals surface area contributed by atoms with Gasteiger partial charge in [-0.3, -0.25) is 4.79 Å². The summed E-state index contributed by atoms with van der Waals surface area (Å²) in [6.07, 6.45) is 0. The molecule has 80 valence electrons. The molecule has 1 atom stereocenters. The molecule has 0 amide bonds. The zero-order valence-electron chi connectivity index (χ0n) is 8.46. The van der Waals surface area contributed by atoms with Crippen LogP contribution in [-0.2, 0) is 0 Å². The first-order chi connectivity index (χ1) is 7.52. The Kier molecular flexibility index (Phi) is 2.89. The topological polar surface area (TPSA) is 30.2 Å². The number of fused-ring (bicyclic) bond motifs is 1. The van der Waals surface area contributed by atoms with E-state index in [2.05, 4.69) is 15.9 Å². The van der Waals surface area contributed by atoms with Crippen molar-refractivity contribution in [3.05, 3.63) is 44.5 Å². The maximum atomic E-state index is 13.4. The van der Waals surface area contributed by atoms with Crippen molar-refractivity contribution in [3.63, 3.8) is 0 Å². The van der Waals surface area contributed by atoms with Gasteiger partial charge >= 0.3 is 0 Å². The lowest BCUT2D eigenvalue weighted by atomic mass is 9.87. The average molecular weight is 281 g/mol. The molecule has 16 heavy (non-hydrogen) atoms. The monoisotopic (exact) mass is 280 g/mol. The van der Waals surface area contributed by atoms with Gasteiger partial charge < -0.3 is 4.42 Å². The second-order valence-electron chi connectivity index (χ2n) is 3.51. The second kappa shape index (κ2) is 4.05. The van der Waals surface area contributed by atoms with Crippen molar-refractivity contribution >= 4 is 34.7 Å². The van der Waals surface area contributed by atoms with E-state index in [4.69, 9.17) is 12.3 Å². The van der Waals surface area contributed by atoms with Crippen molar-refractivity contribution in [1.29, 1.82) is 0 Å². The van der Waals surface area contributed by atoms with Crippen LogP contribution in [0.3, 0.4) is 0 Å². The molecule has 1 aromatic carbocycles. The van der Waals surface area contributed by atoms with Gasteiger partial charge in [-0.15, -0.1) is 0 Å². The second-order valence-corrected chi connectivity index (χ2v) is 4.30. The number of rotatable bonds is 1. The Morgan fingerprint density at radius 1 is 1.50 bits per heavy atom. The van der Waals surface area contributed by atoms with Crippen molar-refractivity contribution in [2.45, 2.75) is 12.7 Å². The minimum atomic E-state index is -0.594. The van der Waals surface area contributed by atoms with Gasteiger partial charge in [0.1, 0.15) is 27.0 Å². The fourth-order valence-corrected chi connectivity index (χ4v) is 2.13. The molecule has 1 heterocycles. The zero-order chi connectivity index (χ0) is 11.9. The normalized spacial score (nSPS) is 12.9. The molecular formula is C11H7BBrFO2.